The number of aryl methyl sites for hydroxylation is 1. The molecule has 0 radical (unpaired) electrons. The zero-order valence-electron chi connectivity index (χ0n) is 16.0. The highest BCUT2D eigenvalue weighted by Crippen LogP contribution is 2.38. The summed E-state index contributed by atoms with van der Waals surface area (Å²) in [6.07, 6.45) is 3.76. The van der Waals surface area contributed by atoms with Gasteiger partial charge < -0.3 is 20.4 Å². The third-order valence-electron chi connectivity index (χ3n) is 4.72. The van der Waals surface area contributed by atoms with Crippen LogP contribution in [0.4, 0.5) is 5.82 Å². The number of hydrogen-bond acceptors (Lipinski definition) is 6. The summed E-state index contributed by atoms with van der Waals surface area (Å²) in [7, 11) is 0. The van der Waals surface area contributed by atoms with E-state index in [4.69, 9.17) is 15.5 Å². The number of halogens is 1. The number of nitrogen functional groups attached to an aromatic ring is 1. The van der Waals surface area contributed by atoms with Crippen LogP contribution in [0.2, 0.25) is 0 Å². The molecule has 0 aliphatic carbocycles. The lowest BCUT2D eigenvalue weighted by atomic mass is 10.2. The molecular weight excluding hydrogens is 485 g/mol. The van der Waals surface area contributed by atoms with Gasteiger partial charge in [0.05, 0.1) is 12.1 Å². The highest BCUT2D eigenvalue weighted by molar-refractivity contribution is 14.1. The van der Waals surface area contributed by atoms with E-state index in [1.165, 1.54) is 9.13 Å². The Morgan fingerprint density at radius 2 is 2.25 bits per heavy atom. The lowest BCUT2D eigenvalue weighted by Gasteiger charge is -2.12. The van der Waals surface area contributed by atoms with Crippen LogP contribution in [0, 0.1) is 3.57 Å². The number of pyridine rings is 1. The number of hydrogen-bond donors (Lipinski definition) is 2. The van der Waals surface area contributed by atoms with Gasteiger partial charge in [0.2, 0.25) is 0 Å². The smallest absolute Gasteiger partial charge is 0.174 e. The zero-order chi connectivity index (χ0) is 19.7. The van der Waals surface area contributed by atoms with Crippen LogP contribution in [0.15, 0.2) is 34.4 Å². The van der Waals surface area contributed by atoms with Crippen molar-refractivity contribution < 1.29 is 4.74 Å². The minimum atomic E-state index is 0.477. The first-order valence-corrected chi connectivity index (χ1v) is 11.4. The number of nitrogens with zero attached hydrogens (tertiary/aromatic N) is 3. The maximum Gasteiger partial charge on any atom is 0.174 e. The van der Waals surface area contributed by atoms with Crippen molar-refractivity contribution in [2.24, 2.45) is 0 Å². The summed E-state index contributed by atoms with van der Waals surface area (Å²) in [6.45, 7) is 6.94. The normalized spacial score (nSPS) is 13.3. The maximum atomic E-state index is 6.10. The van der Waals surface area contributed by atoms with E-state index in [2.05, 4.69) is 63.4 Å². The molecule has 0 saturated carbocycles. The molecule has 0 unspecified atom stereocenters. The van der Waals surface area contributed by atoms with Crippen LogP contribution in [0.25, 0.3) is 11.0 Å². The largest absolute Gasteiger partial charge is 0.493 e. The summed E-state index contributed by atoms with van der Waals surface area (Å²) in [5.41, 5.74) is 9.19. The molecule has 0 spiro atoms. The monoisotopic (exact) mass is 509 g/mol. The van der Waals surface area contributed by atoms with Gasteiger partial charge in [0.15, 0.2) is 11.0 Å². The van der Waals surface area contributed by atoms with Crippen LogP contribution < -0.4 is 15.8 Å². The second-order valence-electron chi connectivity index (χ2n) is 7.16. The molecule has 1 aliphatic heterocycles. The first kappa shape index (κ1) is 19.8. The Kier molecular flexibility index (Phi) is 5.98. The average Bonchev–Trinajstić information content (AvgIpc) is 3.24. The average molecular weight is 509 g/mol. The molecule has 148 valence electrons. The second-order valence-corrected chi connectivity index (χ2v) is 9.33. The molecule has 0 amide bonds. The molecule has 0 bridgehead atoms. The van der Waals surface area contributed by atoms with Crippen molar-refractivity contribution in [3.8, 4) is 5.75 Å². The molecule has 1 aliphatic rings. The van der Waals surface area contributed by atoms with E-state index in [9.17, 15) is 0 Å². The third kappa shape index (κ3) is 4.08. The van der Waals surface area contributed by atoms with E-state index in [1.807, 2.05) is 6.07 Å². The predicted molar refractivity (Wildman–Crippen MR) is 122 cm³/mol. The fourth-order valence-corrected chi connectivity index (χ4v) is 5.14. The number of ether oxygens (including phenoxy) is 1. The molecule has 0 fully saturated rings. The van der Waals surface area contributed by atoms with Gasteiger partial charge in [0, 0.05) is 33.7 Å². The number of aromatic nitrogens is 3. The highest BCUT2D eigenvalue weighted by atomic mass is 127. The van der Waals surface area contributed by atoms with E-state index in [1.54, 1.807) is 18.0 Å². The van der Waals surface area contributed by atoms with E-state index in [0.29, 0.717) is 11.9 Å². The summed E-state index contributed by atoms with van der Waals surface area (Å²) in [4.78, 5) is 10.2. The van der Waals surface area contributed by atoms with Crippen LogP contribution in [0.1, 0.15) is 25.8 Å². The Hall–Kier alpha value is -1.52. The van der Waals surface area contributed by atoms with Gasteiger partial charge >= 0.3 is 0 Å². The molecule has 0 atom stereocenters. The Labute approximate surface area is 182 Å². The van der Waals surface area contributed by atoms with Crippen LogP contribution in [-0.4, -0.2) is 33.7 Å². The Morgan fingerprint density at radius 1 is 1.39 bits per heavy atom. The van der Waals surface area contributed by atoms with Crippen LogP contribution >= 0.6 is 34.4 Å². The maximum absolute atomic E-state index is 6.10. The molecule has 4 rings (SSSR count). The van der Waals surface area contributed by atoms with Crippen molar-refractivity contribution in [2.75, 3.05) is 18.9 Å². The van der Waals surface area contributed by atoms with Gasteiger partial charge in [-0.25, -0.2) is 9.97 Å². The second kappa shape index (κ2) is 8.46. The number of nitrogens with two attached hydrogens (primary N) is 1. The fraction of sp³-hybridized carbons (Fsp3) is 0.400. The van der Waals surface area contributed by atoms with Crippen molar-refractivity contribution >= 4 is 51.2 Å². The number of rotatable bonds is 7. The van der Waals surface area contributed by atoms with Gasteiger partial charge in [-0.15, -0.1) is 0 Å². The minimum Gasteiger partial charge on any atom is -0.493 e. The molecule has 1 aromatic carbocycles. The molecule has 3 aromatic rings. The van der Waals surface area contributed by atoms with Gasteiger partial charge in [0.1, 0.15) is 11.3 Å². The Bertz CT molecular complexity index is 1000. The standard InChI is InChI=1S/C20H24IN5OS/c1-12(2)23-6-3-8-26-15-4-7-24-19(22)18(15)25-20(26)28-17-11-16-13(5-9-27-16)10-14(17)21/h4,7,10-12,23H,3,5-6,8-9H2,1-2H3,(H2,22,24). The predicted octanol–water partition coefficient (Wildman–Crippen LogP) is 4.09. The van der Waals surface area contributed by atoms with Gasteiger partial charge in [-0.3, -0.25) is 0 Å². The summed E-state index contributed by atoms with van der Waals surface area (Å²) < 4.78 is 9.23. The number of anilines is 1. The van der Waals surface area contributed by atoms with Gasteiger partial charge in [-0.2, -0.15) is 0 Å². The number of nitrogens with one attached hydrogen (secondary N) is 1. The summed E-state index contributed by atoms with van der Waals surface area (Å²) >= 11 is 4.07. The summed E-state index contributed by atoms with van der Waals surface area (Å²) in [5, 5.41) is 4.42. The van der Waals surface area contributed by atoms with E-state index >= 15 is 0 Å². The summed E-state index contributed by atoms with van der Waals surface area (Å²) in [5.74, 6) is 1.47. The highest BCUT2D eigenvalue weighted by Gasteiger charge is 2.19. The van der Waals surface area contributed by atoms with Crippen LogP contribution in [0.5, 0.6) is 5.75 Å². The van der Waals surface area contributed by atoms with E-state index in [0.717, 1.165) is 59.4 Å². The zero-order valence-corrected chi connectivity index (χ0v) is 19.0. The Morgan fingerprint density at radius 3 is 3.07 bits per heavy atom. The van der Waals surface area contributed by atoms with Gasteiger partial charge in [-0.1, -0.05) is 25.6 Å². The first-order valence-electron chi connectivity index (χ1n) is 9.50. The quantitative estimate of drug-likeness (QED) is 0.369. The lowest BCUT2D eigenvalue weighted by molar-refractivity contribution is 0.356. The molecule has 8 heteroatoms. The van der Waals surface area contributed by atoms with Crippen molar-refractivity contribution in [3.05, 3.63) is 33.5 Å². The van der Waals surface area contributed by atoms with E-state index < -0.39 is 0 Å². The SMILES string of the molecule is CC(C)NCCCn1c(Sc2cc3c(cc2I)CCO3)nc2c(N)nccc21. The minimum absolute atomic E-state index is 0.477. The van der Waals surface area contributed by atoms with Gasteiger partial charge in [0.25, 0.3) is 0 Å². The van der Waals surface area contributed by atoms with Crippen LogP contribution in [0.3, 0.4) is 0 Å². The first-order chi connectivity index (χ1) is 13.5. The van der Waals surface area contributed by atoms with Crippen molar-refractivity contribution in [2.45, 2.75) is 49.3 Å². The third-order valence-corrected chi connectivity index (χ3v) is 7.03. The molecular formula is C20H24IN5OS. The topological polar surface area (TPSA) is 78.0 Å². The molecule has 3 heterocycles. The summed E-state index contributed by atoms with van der Waals surface area (Å²) in [6, 6.07) is 6.84. The lowest BCUT2D eigenvalue weighted by Crippen LogP contribution is -2.24. The van der Waals surface area contributed by atoms with Crippen molar-refractivity contribution in [3.63, 3.8) is 0 Å². The number of fused-ring (bicyclic) bond motifs is 2. The molecule has 3 N–H and O–H groups in total. The van der Waals surface area contributed by atoms with Gasteiger partial charge in [-0.05, 0) is 59.3 Å². The Balaban J connectivity index is 1.66. The van der Waals surface area contributed by atoms with Crippen LogP contribution in [-0.2, 0) is 13.0 Å². The number of imidazole rings is 1. The van der Waals surface area contributed by atoms with E-state index in [-0.39, 0.29) is 0 Å². The van der Waals surface area contributed by atoms with Crippen molar-refractivity contribution in [1.29, 1.82) is 0 Å². The molecule has 2 aromatic heterocycles. The molecule has 28 heavy (non-hydrogen) atoms. The fourth-order valence-electron chi connectivity index (χ4n) is 3.33. The number of benzene rings is 1. The molecule has 0 saturated heterocycles. The van der Waals surface area contributed by atoms with Crippen molar-refractivity contribution in [1.82, 2.24) is 19.9 Å². The molecule has 6 nitrogen and oxygen atoms in total.